The molecule has 0 aliphatic rings. The van der Waals surface area contributed by atoms with E-state index in [1.807, 2.05) is 0 Å². The molecule has 0 atom stereocenters. The van der Waals surface area contributed by atoms with E-state index < -0.39 is 30.5 Å². The molecule has 0 unspecified atom stereocenters. The van der Waals surface area contributed by atoms with Gasteiger partial charge in [-0.2, -0.15) is 0 Å². The van der Waals surface area contributed by atoms with Gasteiger partial charge in [-0.05, 0) is 0 Å². The molecule has 27 heavy (non-hydrogen) atoms. The first-order valence-corrected chi connectivity index (χ1v) is 3.29. The van der Waals surface area contributed by atoms with Gasteiger partial charge < -0.3 is 91.9 Å². The van der Waals surface area contributed by atoms with E-state index in [4.69, 9.17) is 91.9 Å². The van der Waals surface area contributed by atoms with Crippen LogP contribution in [0.4, 0.5) is 0 Å². The molecule has 0 amide bonds. The van der Waals surface area contributed by atoms with E-state index in [2.05, 4.69) is 0 Å². The van der Waals surface area contributed by atoms with Gasteiger partial charge in [0.2, 0.25) is 0 Å². The molecule has 0 saturated carbocycles. The number of hydrogen-bond acceptors (Lipinski definition) is 18. The zero-order chi connectivity index (χ0) is 21.5. The number of hydrogen-bond donors (Lipinski definition) is 0. The van der Waals surface area contributed by atoms with Crippen molar-refractivity contribution in [2.75, 3.05) is 0 Å². The largest absolute Gasteiger partial charge is 2.00 e. The van der Waals surface area contributed by atoms with Gasteiger partial charge in [0.05, 0.1) is 30.5 Å². The van der Waals surface area contributed by atoms with Crippen molar-refractivity contribution in [1.82, 2.24) is 0 Å². The third kappa shape index (κ3) is 906. The fraction of sp³-hybridized carbons (Fsp3) is 0. The van der Waals surface area contributed by atoms with Crippen molar-refractivity contribution in [2.24, 2.45) is 0 Å². The second kappa shape index (κ2) is 49.5. The second-order valence-electron chi connectivity index (χ2n) is 1.34. The molecule has 0 bridgehead atoms. The Morgan fingerprint density at radius 2 is 0.259 bits per heavy atom. The van der Waals surface area contributed by atoms with Crippen molar-refractivity contribution in [1.29, 1.82) is 0 Å². The van der Waals surface area contributed by atoms with Crippen LogP contribution in [0, 0.1) is 91.9 Å². The maximum Gasteiger partial charge on any atom is 2.00 e. The molecule has 0 aromatic rings. The molecule has 0 aliphatic carbocycles. The topological polar surface area (TPSA) is 397 Å². The van der Waals surface area contributed by atoms with E-state index in [1.165, 1.54) is 0 Å². The molecular formula is Co3N6O18. The normalized spacial score (nSPS) is 5.33. The third-order valence-corrected chi connectivity index (χ3v) is 0. The van der Waals surface area contributed by atoms with Crippen LogP contribution in [0.2, 0.25) is 0 Å². The van der Waals surface area contributed by atoms with E-state index in [0.717, 1.165) is 0 Å². The Balaban J connectivity index is -0.0000000201. The summed E-state index contributed by atoms with van der Waals surface area (Å²) < 4.78 is 0. The minimum absolute atomic E-state index is 0. The molecule has 0 aromatic heterocycles. The summed E-state index contributed by atoms with van der Waals surface area (Å²) in [4.78, 5) is 49.5. The Morgan fingerprint density at radius 3 is 0.259 bits per heavy atom. The maximum atomic E-state index is 8.25. The molecule has 3 radical (unpaired) electrons. The van der Waals surface area contributed by atoms with Crippen molar-refractivity contribution in [3.8, 4) is 0 Å². The molecule has 0 aliphatic heterocycles. The standard InChI is InChI=1S/3Co.6NO3/c;;;6*2-1(3)4/q3*+2;6*-1. The van der Waals surface area contributed by atoms with Crippen LogP contribution in [0.3, 0.4) is 0 Å². The van der Waals surface area contributed by atoms with Crippen molar-refractivity contribution in [3.05, 3.63) is 91.9 Å². The summed E-state index contributed by atoms with van der Waals surface area (Å²) in [6.45, 7) is 0. The SMILES string of the molecule is O=[N+]([O-])[O-].O=[N+]([O-])[O-].O=[N+]([O-])[O-].O=[N+]([O-])[O-].O=[N+]([O-])[O-].O=[N+]([O-])[O-].[Co+2].[Co+2].[Co+2]. The Hall–Kier alpha value is -3.28. The molecule has 0 N–H and O–H groups in total. The van der Waals surface area contributed by atoms with Crippen molar-refractivity contribution < 1.29 is 80.9 Å². The number of nitrogens with zero attached hydrogens (tertiary/aromatic N) is 6. The molecule has 0 spiro atoms. The predicted molar refractivity (Wildman–Crippen MR) is 62.2 cm³/mol. The fourth-order valence-electron chi connectivity index (χ4n) is 0. The van der Waals surface area contributed by atoms with Gasteiger partial charge in [-0.1, -0.05) is 0 Å². The van der Waals surface area contributed by atoms with Gasteiger partial charge in [0.25, 0.3) is 0 Å². The van der Waals surface area contributed by atoms with Crippen LogP contribution in [0.5, 0.6) is 0 Å². The summed E-state index contributed by atoms with van der Waals surface area (Å²) in [5.41, 5.74) is 0. The maximum absolute atomic E-state index is 8.25. The van der Waals surface area contributed by atoms with Crippen LogP contribution in [-0.2, 0) is 50.3 Å². The summed E-state index contributed by atoms with van der Waals surface area (Å²) in [5, 5.41) is 88.5. The quantitative estimate of drug-likeness (QED) is 0.246. The van der Waals surface area contributed by atoms with Gasteiger partial charge in [0.1, 0.15) is 0 Å². The van der Waals surface area contributed by atoms with Gasteiger partial charge in [-0.15, -0.1) is 0 Å². The first kappa shape index (κ1) is 56.5. The Bertz CT molecular complexity index is 264. The molecule has 24 nitrogen and oxygen atoms in total. The van der Waals surface area contributed by atoms with Crippen LogP contribution in [-0.4, -0.2) is 30.5 Å². The zero-order valence-electron chi connectivity index (χ0n) is 11.0. The summed E-state index contributed by atoms with van der Waals surface area (Å²) in [6.07, 6.45) is 0. The van der Waals surface area contributed by atoms with E-state index in [9.17, 15) is 0 Å². The second-order valence-corrected chi connectivity index (χ2v) is 1.34. The van der Waals surface area contributed by atoms with Crippen molar-refractivity contribution >= 4 is 0 Å². The van der Waals surface area contributed by atoms with Gasteiger partial charge in [-0.25, -0.2) is 0 Å². The predicted octanol–water partition coefficient (Wildman–Crippen LogP) is -1.44. The number of rotatable bonds is 0. The zero-order valence-corrected chi connectivity index (χ0v) is 14.2. The van der Waals surface area contributed by atoms with Gasteiger partial charge in [-0.3, -0.25) is 0 Å². The minimum Gasteiger partial charge on any atom is -0.356 e. The van der Waals surface area contributed by atoms with E-state index in [-0.39, 0.29) is 50.3 Å². The summed E-state index contributed by atoms with van der Waals surface area (Å²) in [5.74, 6) is 0. The minimum atomic E-state index is -1.75. The van der Waals surface area contributed by atoms with E-state index in [0.29, 0.717) is 0 Å². The van der Waals surface area contributed by atoms with E-state index in [1.54, 1.807) is 0 Å². The molecule has 0 rings (SSSR count). The summed E-state index contributed by atoms with van der Waals surface area (Å²) >= 11 is 0. The van der Waals surface area contributed by atoms with Crippen LogP contribution in [0.25, 0.3) is 0 Å². The Labute approximate surface area is 173 Å². The smallest absolute Gasteiger partial charge is 0.356 e. The van der Waals surface area contributed by atoms with E-state index >= 15 is 0 Å². The van der Waals surface area contributed by atoms with Crippen LogP contribution < -0.4 is 0 Å². The third-order valence-electron chi connectivity index (χ3n) is 0. The van der Waals surface area contributed by atoms with Crippen LogP contribution in [0.1, 0.15) is 0 Å². The first-order chi connectivity index (χ1) is 10.4. The molecule has 0 fully saturated rings. The molecule has 0 aromatic carbocycles. The molecule has 0 saturated heterocycles. The van der Waals surface area contributed by atoms with Crippen LogP contribution >= 0.6 is 0 Å². The fourth-order valence-corrected chi connectivity index (χ4v) is 0. The molecule has 0 heterocycles. The summed E-state index contributed by atoms with van der Waals surface area (Å²) in [7, 11) is 0. The average Bonchev–Trinajstić information content (AvgIpc) is 2.08. The van der Waals surface area contributed by atoms with Crippen molar-refractivity contribution in [3.63, 3.8) is 0 Å². The Kier molecular flexibility index (Phi) is 104. The molecule has 165 valence electrons. The van der Waals surface area contributed by atoms with Crippen molar-refractivity contribution in [2.45, 2.75) is 0 Å². The monoisotopic (exact) mass is 549 g/mol. The Morgan fingerprint density at radius 1 is 0.259 bits per heavy atom. The first-order valence-electron chi connectivity index (χ1n) is 3.29. The molecular weight excluding hydrogens is 549 g/mol. The average molecular weight is 549 g/mol. The van der Waals surface area contributed by atoms with Gasteiger partial charge in [0.15, 0.2) is 0 Å². The molecule has 27 heteroatoms. The van der Waals surface area contributed by atoms with Gasteiger partial charge >= 0.3 is 50.3 Å². The summed E-state index contributed by atoms with van der Waals surface area (Å²) in [6, 6.07) is 0. The van der Waals surface area contributed by atoms with Crippen LogP contribution in [0.15, 0.2) is 0 Å². The van der Waals surface area contributed by atoms with Gasteiger partial charge in [0, 0.05) is 0 Å².